The average molecular weight is 760 g/mol. The van der Waals surface area contributed by atoms with E-state index in [9.17, 15) is 0 Å². The zero-order valence-electron chi connectivity index (χ0n) is 32.3. The molecule has 0 saturated heterocycles. The molecule has 1 unspecified atom stereocenters. The third kappa shape index (κ3) is 5.18. The molecule has 0 N–H and O–H groups in total. The van der Waals surface area contributed by atoms with Gasteiger partial charge in [-0.2, -0.15) is 0 Å². The molecule has 12 rings (SSSR count). The normalized spacial score (nSPS) is 13.9. The number of pyridine rings is 2. The molecule has 1 aliphatic rings. The molecule has 280 valence electrons. The lowest BCUT2D eigenvalue weighted by Crippen LogP contribution is -2.14. The summed E-state index contributed by atoms with van der Waals surface area (Å²) >= 11 is 0. The lowest BCUT2D eigenvalue weighted by atomic mass is 10.0. The van der Waals surface area contributed by atoms with Gasteiger partial charge in [0.15, 0.2) is 0 Å². The summed E-state index contributed by atoms with van der Waals surface area (Å²) in [5, 5.41) is 4.72. The van der Waals surface area contributed by atoms with Crippen LogP contribution in [0.2, 0.25) is 0 Å². The van der Waals surface area contributed by atoms with Gasteiger partial charge in [0.1, 0.15) is 0 Å². The van der Waals surface area contributed by atoms with Crippen LogP contribution in [-0.4, -0.2) is 35.9 Å². The first kappa shape index (κ1) is 33.4. The van der Waals surface area contributed by atoms with Crippen LogP contribution in [0.25, 0.3) is 71.7 Å². The van der Waals surface area contributed by atoms with Crippen molar-refractivity contribution in [2.45, 2.75) is 19.4 Å². The maximum absolute atomic E-state index is 4.78. The van der Waals surface area contributed by atoms with Crippen LogP contribution >= 0.6 is 0 Å². The van der Waals surface area contributed by atoms with Crippen molar-refractivity contribution in [1.29, 1.82) is 0 Å². The Morgan fingerprint density at radius 3 is 1.64 bits per heavy atom. The molecule has 0 radical (unpaired) electrons. The van der Waals surface area contributed by atoms with Gasteiger partial charge in [-0.3, -0.25) is 15.0 Å². The Kier molecular flexibility index (Phi) is 7.44. The molecule has 0 saturated carbocycles. The number of fused-ring (bicyclic) bond motifs is 9. The quantitative estimate of drug-likeness (QED) is 0.170. The van der Waals surface area contributed by atoms with Crippen LogP contribution in [0.4, 0.5) is 17.1 Å². The minimum atomic E-state index is 0.240. The van der Waals surface area contributed by atoms with Gasteiger partial charge in [-0.1, -0.05) is 54.6 Å². The first-order valence-electron chi connectivity index (χ1n) is 20.1. The fourth-order valence-electron chi connectivity index (χ4n) is 9.35. The van der Waals surface area contributed by atoms with E-state index in [0.29, 0.717) is 0 Å². The summed E-state index contributed by atoms with van der Waals surface area (Å²) in [4.78, 5) is 16.4. The minimum absolute atomic E-state index is 0.240. The number of anilines is 3. The Morgan fingerprint density at radius 1 is 0.475 bits per heavy atom. The smallest absolute Gasteiger partial charge is 0.0963 e. The largest absolute Gasteiger partial charge is 0.313 e. The predicted octanol–water partition coefficient (Wildman–Crippen LogP) is 12.4. The minimum Gasteiger partial charge on any atom is -0.313 e. The number of benzene rings is 6. The number of rotatable bonds is 6. The van der Waals surface area contributed by atoms with Gasteiger partial charge in [0, 0.05) is 98.2 Å². The number of para-hydroxylation sites is 3. The number of hydrogen-bond donors (Lipinski definition) is 0. The summed E-state index contributed by atoms with van der Waals surface area (Å²) < 4.78 is 7.06. The molecule has 59 heavy (non-hydrogen) atoms. The molecule has 6 aromatic carbocycles. The van der Waals surface area contributed by atoms with Gasteiger partial charge in [0.25, 0.3) is 0 Å². The molecule has 0 fully saturated rings. The summed E-state index contributed by atoms with van der Waals surface area (Å²) in [6, 6.07) is 59.0. The molecule has 11 aromatic rings. The van der Waals surface area contributed by atoms with Gasteiger partial charge in [0.2, 0.25) is 0 Å². The standard InChI is InChI=1S/C52H37N7/c1-34-31-51-45(33-55-34)42-10-3-6-13-47(42)59(51)40-26-20-37(21-27-40)56(35-16-22-38(23-17-35)57-46-12-5-2-9-41(46)44-32-53-30-28-49(44)57)36-18-24-39(25-19-36)58-48-14-7-4-11-43(48)52-50(58)15-8-29-54-52/h2-30,32-34H,31H2,1H3. The predicted molar refractivity (Wildman–Crippen MR) is 243 cm³/mol. The van der Waals surface area contributed by atoms with Crippen LogP contribution in [0.1, 0.15) is 18.2 Å². The van der Waals surface area contributed by atoms with Crippen molar-refractivity contribution in [3.8, 4) is 17.1 Å². The third-order valence-corrected chi connectivity index (χ3v) is 12.0. The van der Waals surface area contributed by atoms with E-state index >= 15 is 0 Å². The van der Waals surface area contributed by atoms with Gasteiger partial charge < -0.3 is 18.6 Å². The van der Waals surface area contributed by atoms with E-state index in [1.807, 2.05) is 24.7 Å². The Morgan fingerprint density at radius 2 is 0.983 bits per heavy atom. The molecule has 7 nitrogen and oxygen atoms in total. The van der Waals surface area contributed by atoms with E-state index < -0.39 is 0 Å². The Bertz CT molecular complexity index is 3160. The number of hydrogen-bond acceptors (Lipinski definition) is 4. The molecule has 1 aliphatic heterocycles. The van der Waals surface area contributed by atoms with Crippen molar-refractivity contribution in [2.75, 3.05) is 4.90 Å². The van der Waals surface area contributed by atoms with Crippen LogP contribution in [0.15, 0.2) is 187 Å². The van der Waals surface area contributed by atoms with Crippen LogP contribution in [-0.2, 0) is 6.42 Å². The topological polar surface area (TPSA) is 56.2 Å². The van der Waals surface area contributed by atoms with Crippen LogP contribution < -0.4 is 4.90 Å². The highest BCUT2D eigenvalue weighted by molar-refractivity contribution is 6.09. The van der Waals surface area contributed by atoms with E-state index in [0.717, 1.165) is 78.9 Å². The number of nitrogens with zero attached hydrogens (tertiary/aromatic N) is 7. The molecule has 0 amide bonds. The second-order valence-electron chi connectivity index (χ2n) is 15.4. The second-order valence-corrected chi connectivity index (χ2v) is 15.4. The maximum atomic E-state index is 4.78. The molecule has 0 spiro atoms. The first-order valence-corrected chi connectivity index (χ1v) is 20.1. The molecule has 0 bridgehead atoms. The van der Waals surface area contributed by atoms with Crippen molar-refractivity contribution in [1.82, 2.24) is 23.7 Å². The summed E-state index contributed by atoms with van der Waals surface area (Å²) in [5.41, 5.74) is 15.8. The summed E-state index contributed by atoms with van der Waals surface area (Å²) in [6.07, 6.45) is 8.68. The van der Waals surface area contributed by atoms with Crippen LogP contribution in [0.3, 0.4) is 0 Å². The lowest BCUT2D eigenvalue weighted by molar-refractivity contribution is 0.706. The highest BCUT2D eigenvalue weighted by Crippen LogP contribution is 2.40. The van der Waals surface area contributed by atoms with Crippen molar-refractivity contribution >= 4 is 77.9 Å². The monoisotopic (exact) mass is 759 g/mol. The Hall–Kier alpha value is -7.77. The van der Waals surface area contributed by atoms with E-state index in [4.69, 9.17) is 9.98 Å². The molecule has 5 aromatic heterocycles. The Labute approximate surface area is 340 Å². The maximum Gasteiger partial charge on any atom is 0.0963 e. The van der Waals surface area contributed by atoms with Gasteiger partial charge in [-0.25, -0.2) is 0 Å². The van der Waals surface area contributed by atoms with Crippen molar-refractivity contribution in [2.24, 2.45) is 4.99 Å². The molecule has 0 aliphatic carbocycles. The van der Waals surface area contributed by atoms with Crippen LogP contribution in [0, 0.1) is 0 Å². The van der Waals surface area contributed by atoms with Gasteiger partial charge in [-0.15, -0.1) is 0 Å². The molecule has 1 atom stereocenters. The van der Waals surface area contributed by atoms with Gasteiger partial charge in [0.05, 0.1) is 39.1 Å². The van der Waals surface area contributed by atoms with Gasteiger partial charge >= 0.3 is 0 Å². The summed E-state index contributed by atoms with van der Waals surface area (Å²) in [6.45, 7) is 2.19. The van der Waals surface area contributed by atoms with Crippen LogP contribution in [0.5, 0.6) is 0 Å². The molecule has 6 heterocycles. The number of aliphatic imine (C=N–C) groups is 1. The summed E-state index contributed by atoms with van der Waals surface area (Å²) in [7, 11) is 0. The summed E-state index contributed by atoms with van der Waals surface area (Å²) in [5.74, 6) is 0. The SMILES string of the molecule is CC1Cc2c(c3ccccc3n2-c2ccc(N(c3ccc(-n4c5ccccc5c5cnccc54)cc3)c3ccc(-n4c5ccccc5c5ncccc54)cc3)cc2)C=N1. The van der Waals surface area contributed by atoms with Crippen molar-refractivity contribution in [3.05, 3.63) is 194 Å². The van der Waals surface area contributed by atoms with Gasteiger partial charge in [-0.05, 0) is 116 Å². The molecular formula is C52H37N7. The fourth-order valence-corrected chi connectivity index (χ4v) is 9.35. The van der Waals surface area contributed by atoms with Crippen molar-refractivity contribution in [3.63, 3.8) is 0 Å². The zero-order chi connectivity index (χ0) is 39.0. The fraction of sp³-hybridized carbons (Fsp3) is 0.0577. The zero-order valence-corrected chi connectivity index (χ0v) is 32.3. The molecular weight excluding hydrogens is 723 g/mol. The highest BCUT2D eigenvalue weighted by Gasteiger charge is 2.23. The van der Waals surface area contributed by atoms with E-state index in [1.165, 1.54) is 27.5 Å². The number of aromatic nitrogens is 5. The second kappa shape index (κ2) is 13.1. The highest BCUT2D eigenvalue weighted by atomic mass is 15.1. The third-order valence-electron chi connectivity index (χ3n) is 12.0. The molecule has 7 heteroatoms. The van der Waals surface area contributed by atoms with E-state index in [-0.39, 0.29) is 6.04 Å². The first-order chi connectivity index (χ1) is 29.2. The Balaban J connectivity index is 0.990. The average Bonchev–Trinajstić information content (AvgIpc) is 3.93. The van der Waals surface area contributed by atoms with E-state index in [2.05, 4.69) is 194 Å². The van der Waals surface area contributed by atoms with E-state index in [1.54, 1.807) is 0 Å². The lowest BCUT2D eigenvalue weighted by Gasteiger charge is -2.26. The van der Waals surface area contributed by atoms with Crippen molar-refractivity contribution < 1.29 is 0 Å².